The van der Waals surface area contributed by atoms with Crippen molar-refractivity contribution in [2.75, 3.05) is 0 Å². The van der Waals surface area contributed by atoms with Gasteiger partial charge in [-0.25, -0.2) is 0 Å². The van der Waals surface area contributed by atoms with E-state index in [1.54, 1.807) is 0 Å². The van der Waals surface area contributed by atoms with Gasteiger partial charge in [-0.2, -0.15) is 5.26 Å². The van der Waals surface area contributed by atoms with Gasteiger partial charge in [0.15, 0.2) is 0 Å². The van der Waals surface area contributed by atoms with Gasteiger partial charge >= 0.3 is 0 Å². The molecule has 1 fully saturated rings. The normalized spacial score (nSPS) is 21.4. The maximum absolute atomic E-state index is 11.2. The van der Waals surface area contributed by atoms with Crippen LogP contribution in [-0.2, 0) is 4.79 Å². The standard InChI is InChI=1S/C11H18N2O2/c1-8(14)11(15)13-10(7-12)9-5-3-2-4-6-9/h8-10,14H,2-6H2,1H3,(H,13,15). The average Bonchev–Trinajstić information content (AvgIpc) is 2.26. The second-order valence-corrected chi connectivity index (χ2v) is 4.19. The molecule has 15 heavy (non-hydrogen) atoms. The minimum atomic E-state index is -1.04. The Balaban J connectivity index is 2.48. The van der Waals surface area contributed by atoms with Gasteiger partial charge in [0.2, 0.25) is 5.91 Å². The Morgan fingerprint density at radius 3 is 2.53 bits per heavy atom. The topological polar surface area (TPSA) is 73.1 Å². The Morgan fingerprint density at radius 2 is 2.07 bits per heavy atom. The summed E-state index contributed by atoms with van der Waals surface area (Å²) in [7, 11) is 0. The van der Waals surface area contributed by atoms with Crippen molar-refractivity contribution in [1.29, 1.82) is 5.26 Å². The van der Waals surface area contributed by atoms with E-state index < -0.39 is 18.1 Å². The summed E-state index contributed by atoms with van der Waals surface area (Å²) in [5.41, 5.74) is 0. The van der Waals surface area contributed by atoms with Gasteiger partial charge in [0, 0.05) is 0 Å². The Hall–Kier alpha value is -1.08. The first-order valence-corrected chi connectivity index (χ1v) is 5.53. The van der Waals surface area contributed by atoms with Crippen molar-refractivity contribution in [3.63, 3.8) is 0 Å². The molecule has 0 aliphatic heterocycles. The van der Waals surface area contributed by atoms with Crippen LogP contribution in [0, 0.1) is 17.2 Å². The molecule has 0 radical (unpaired) electrons. The highest BCUT2D eigenvalue weighted by Crippen LogP contribution is 2.26. The molecular weight excluding hydrogens is 192 g/mol. The van der Waals surface area contributed by atoms with E-state index in [-0.39, 0.29) is 5.92 Å². The van der Waals surface area contributed by atoms with Crippen molar-refractivity contribution >= 4 is 5.91 Å². The third-order valence-corrected chi connectivity index (χ3v) is 2.94. The summed E-state index contributed by atoms with van der Waals surface area (Å²) >= 11 is 0. The number of amides is 1. The lowest BCUT2D eigenvalue weighted by Crippen LogP contribution is -2.44. The molecule has 4 heteroatoms. The first-order valence-electron chi connectivity index (χ1n) is 5.53. The fraction of sp³-hybridized carbons (Fsp3) is 0.818. The summed E-state index contributed by atoms with van der Waals surface area (Å²) in [6, 6.07) is 1.68. The molecule has 1 aliphatic carbocycles. The van der Waals surface area contributed by atoms with Gasteiger partial charge in [0.25, 0.3) is 0 Å². The van der Waals surface area contributed by atoms with E-state index in [4.69, 9.17) is 10.4 Å². The van der Waals surface area contributed by atoms with E-state index in [0.717, 1.165) is 25.7 Å². The lowest BCUT2D eigenvalue weighted by atomic mass is 9.84. The van der Waals surface area contributed by atoms with Crippen LogP contribution in [0.4, 0.5) is 0 Å². The summed E-state index contributed by atoms with van der Waals surface area (Å²) in [5.74, 6) is -0.196. The zero-order valence-electron chi connectivity index (χ0n) is 9.07. The highest BCUT2D eigenvalue weighted by Gasteiger charge is 2.25. The molecule has 2 N–H and O–H groups in total. The summed E-state index contributed by atoms with van der Waals surface area (Å²) < 4.78 is 0. The molecule has 2 unspecified atom stereocenters. The monoisotopic (exact) mass is 210 g/mol. The van der Waals surface area contributed by atoms with Crippen LogP contribution in [0.3, 0.4) is 0 Å². The molecule has 0 heterocycles. The van der Waals surface area contributed by atoms with Crippen LogP contribution < -0.4 is 5.32 Å². The van der Waals surface area contributed by atoms with Gasteiger partial charge in [-0.05, 0) is 25.7 Å². The molecule has 4 nitrogen and oxygen atoms in total. The van der Waals surface area contributed by atoms with Crippen molar-refractivity contribution < 1.29 is 9.90 Å². The molecule has 1 rings (SSSR count). The minimum Gasteiger partial charge on any atom is -0.384 e. The number of nitrogens with zero attached hydrogens (tertiary/aromatic N) is 1. The smallest absolute Gasteiger partial charge is 0.249 e. The van der Waals surface area contributed by atoms with E-state index in [9.17, 15) is 4.79 Å². The van der Waals surface area contributed by atoms with Crippen molar-refractivity contribution in [2.45, 2.75) is 51.2 Å². The predicted molar refractivity (Wildman–Crippen MR) is 55.8 cm³/mol. The molecule has 0 aromatic carbocycles. The molecule has 1 saturated carbocycles. The minimum absolute atomic E-state index is 0.256. The number of carbonyl (C=O) groups excluding carboxylic acids is 1. The maximum atomic E-state index is 11.2. The number of nitriles is 1. The van der Waals surface area contributed by atoms with Crippen LogP contribution in [0.1, 0.15) is 39.0 Å². The van der Waals surface area contributed by atoms with Crippen molar-refractivity contribution in [3.8, 4) is 6.07 Å². The van der Waals surface area contributed by atoms with E-state index >= 15 is 0 Å². The largest absolute Gasteiger partial charge is 0.384 e. The molecule has 0 spiro atoms. The van der Waals surface area contributed by atoms with E-state index in [0.29, 0.717) is 0 Å². The quantitative estimate of drug-likeness (QED) is 0.728. The molecule has 0 aromatic heterocycles. The second-order valence-electron chi connectivity index (χ2n) is 4.19. The Bertz CT molecular complexity index is 252. The lowest BCUT2D eigenvalue weighted by molar-refractivity contribution is -0.129. The van der Waals surface area contributed by atoms with Crippen molar-refractivity contribution in [2.24, 2.45) is 5.92 Å². The Morgan fingerprint density at radius 1 is 1.47 bits per heavy atom. The molecule has 2 atom stereocenters. The summed E-state index contributed by atoms with van der Waals surface area (Å²) in [4.78, 5) is 11.2. The number of nitrogens with one attached hydrogen (secondary N) is 1. The molecule has 0 bridgehead atoms. The molecular formula is C11H18N2O2. The number of hydrogen-bond acceptors (Lipinski definition) is 3. The van der Waals surface area contributed by atoms with E-state index in [2.05, 4.69) is 11.4 Å². The highest BCUT2D eigenvalue weighted by molar-refractivity contribution is 5.80. The zero-order valence-corrected chi connectivity index (χ0v) is 9.07. The van der Waals surface area contributed by atoms with Crippen LogP contribution in [0.5, 0.6) is 0 Å². The van der Waals surface area contributed by atoms with Crippen LogP contribution in [0.25, 0.3) is 0 Å². The van der Waals surface area contributed by atoms with Crippen LogP contribution in [0.15, 0.2) is 0 Å². The summed E-state index contributed by atoms with van der Waals surface area (Å²) in [6.07, 6.45) is 4.45. The van der Waals surface area contributed by atoms with E-state index in [1.807, 2.05) is 0 Å². The predicted octanol–water partition coefficient (Wildman–Crippen LogP) is 0.956. The molecule has 1 aliphatic rings. The molecule has 84 valence electrons. The zero-order chi connectivity index (χ0) is 11.3. The fourth-order valence-electron chi connectivity index (χ4n) is 2.00. The Labute approximate surface area is 90.3 Å². The van der Waals surface area contributed by atoms with Gasteiger partial charge in [-0.3, -0.25) is 4.79 Å². The third kappa shape index (κ3) is 3.52. The van der Waals surface area contributed by atoms with Gasteiger partial charge in [0.1, 0.15) is 12.1 Å². The third-order valence-electron chi connectivity index (χ3n) is 2.94. The van der Waals surface area contributed by atoms with Crippen LogP contribution in [-0.4, -0.2) is 23.2 Å². The van der Waals surface area contributed by atoms with Crippen LogP contribution in [0.2, 0.25) is 0 Å². The lowest BCUT2D eigenvalue weighted by Gasteiger charge is -2.26. The molecule has 0 aromatic rings. The first-order chi connectivity index (χ1) is 7.15. The van der Waals surface area contributed by atoms with Crippen molar-refractivity contribution in [3.05, 3.63) is 0 Å². The molecule has 1 amide bonds. The first kappa shape index (κ1) is 12.0. The van der Waals surface area contributed by atoms with Gasteiger partial charge in [-0.1, -0.05) is 19.3 Å². The SMILES string of the molecule is CC(O)C(=O)NC(C#N)C1CCCCC1. The number of rotatable bonds is 3. The average molecular weight is 210 g/mol. The highest BCUT2D eigenvalue weighted by atomic mass is 16.3. The van der Waals surface area contributed by atoms with E-state index in [1.165, 1.54) is 13.3 Å². The number of hydrogen-bond donors (Lipinski definition) is 2. The number of aliphatic hydroxyl groups excluding tert-OH is 1. The summed E-state index contributed by atoms with van der Waals surface area (Å²) in [6.45, 7) is 1.41. The van der Waals surface area contributed by atoms with Crippen LogP contribution >= 0.6 is 0 Å². The van der Waals surface area contributed by atoms with Gasteiger partial charge in [-0.15, -0.1) is 0 Å². The second kappa shape index (κ2) is 5.72. The molecule has 0 saturated heterocycles. The van der Waals surface area contributed by atoms with Gasteiger partial charge in [0.05, 0.1) is 6.07 Å². The summed E-state index contributed by atoms with van der Waals surface area (Å²) in [5, 5.41) is 20.6. The number of carbonyl (C=O) groups is 1. The number of aliphatic hydroxyl groups is 1. The maximum Gasteiger partial charge on any atom is 0.249 e. The van der Waals surface area contributed by atoms with Crippen molar-refractivity contribution in [1.82, 2.24) is 5.32 Å². The fourth-order valence-corrected chi connectivity index (χ4v) is 2.00. The Kier molecular flexibility index (Phi) is 4.57. The van der Waals surface area contributed by atoms with Gasteiger partial charge < -0.3 is 10.4 Å².